The highest BCUT2D eigenvalue weighted by Crippen LogP contribution is 2.14. The van der Waals surface area contributed by atoms with E-state index in [9.17, 15) is 4.79 Å². The number of aromatic amines is 1. The second-order valence-electron chi connectivity index (χ2n) is 4.49. The number of hydrogen-bond acceptors (Lipinski definition) is 4. The maximum Gasteiger partial charge on any atom is 0.255 e. The van der Waals surface area contributed by atoms with Crippen molar-refractivity contribution in [1.29, 1.82) is 0 Å². The third-order valence-electron chi connectivity index (χ3n) is 2.87. The zero-order chi connectivity index (χ0) is 14.5. The van der Waals surface area contributed by atoms with Crippen LogP contribution in [0.4, 0.5) is 5.69 Å². The van der Waals surface area contributed by atoms with Gasteiger partial charge in [0.2, 0.25) is 0 Å². The van der Waals surface area contributed by atoms with E-state index in [2.05, 4.69) is 15.5 Å². The second-order valence-corrected chi connectivity index (χ2v) is 4.49. The van der Waals surface area contributed by atoms with Gasteiger partial charge in [-0.15, -0.1) is 0 Å². The van der Waals surface area contributed by atoms with E-state index in [1.807, 2.05) is 19.1 Å². The number of carbonyl (C=O) groups excluding carboxylic acids is 1. The Morgan fingerprint density at radius 2 is 2.25 bits per heavy atom. The van der Waals surface area contributed by atoms with E-state index in [1.165, 1.54) is 0 Å². The molecule has 4 N–H and O–H groups in total. The summed E-state index contributed by atoms with van der Waals surface area (Å²) in [6.07, 6.45) is 0. The van der Waals surface area contributed by atoms with Crippen molar-refractivity contribution in [2.24, 2.45) is 0 Å². The average Bonchev–Trinajstić information content (AvgIpc) is 2.74. The number of nitrogens with one attached hydrogen (secondary N) is 2. The Hall–Kier alpha value is -2.50. The standard InChI is InChI=1S/C14H18N4O2/c1-9-13(10(2)18-17-9)14(19)16-6-7-20-12-5-3-4-11(15)8-12/h3-5,8H,6-7,15H2,1-2H3,(H,16,19)(H,17,18). The van der Waals surface area contributed by atoms with E-state index in [4.69, 9.17) is 10.5 Å². The fraction of sp³-hybridized carbons (Fsp3) is 0.286. The Balaban J connectivity index is 1.80. The summed E-state index contributed by atoms with van der Waals surface area (Å²) >= 11 is 0. The van der Waals surface area contributed by atoms with Crippen LogP contribution in [0.15, 0.2) is 24.3 Å². The van der Waals surface area contributed by atoms with Crippen LogP contribution in [0.25, 0.3) is 0 Å². The van der Waals surface area contributed by atoms with Crippen LogP contribution in [0.1, 0.15) is 21.7 Å². The predicted molar refractivity (Wildman–Crippen MR) is 76.7 cm³/mol. The van der Waals surface area contributed by atoms with Crippen molar-refractivity contribution in [3.8, 4) is 5.75 Å². The first-order chi connectivity index (χ1) is 9.58. The van der Waals surface area contributed by atoms with Crippen molar-refractivity contribution in [1.82, 2.24) is 15.5 Å². The van der Waals surface area contributed by atoms with Crippen LogP contribution in [0.3, 0.4) is 0 Å². The molecule has 1 heterocycles. The molecule has 0 unspecified atom stereocenters. The van der Waals surface area contributed by atoms with Crippen LogP contribution in [0, 0.1) is 13.8 Å². The van der Waals surface area contributed by atoms with E-state index >= 15 is 0 Å². The molecule has 0 atom stereocenters. The number of nitrogen functional groups attached to an aromatic ring is 1. The Morgan fingerprint density at radius 3 is 2.90 bits per heavy atom. The summed E-state index contributed by atoms with van der Waals surface area (Å²) in [4.78, 5) is 12.0. The van der Waals surface area contributed by atoms with Gasteiger partial charge < -0.3 is 15.8 Å². The number of anilines is 1. The quantitative estimate of drug-likeness (QED) is 0.568. The monoisotopic (exact) mass is 274 g/mol. The van der Waals surface area contributed by atoms with Gasteiger partial charge in [-0.1, -0.05) is 6.07 Å². The van der Waals surface area contributed by atoms with Gasteiger partial charge in [0.05, 0.1) is 17.8 Å². The molecule has 0 aliphatic carbocycles. The van der Waals surface area contributed by atoms with Crippen molar-refractivity contribution < 1.29 is 9.53 Å². The van der Waals surface area contributed by atoms with Crippen LogP contribution < -0.4 is 15.8 Å². The average molecular weight is 274 g/mol. The first-order valence-electron chi connectivity index (χ1n) is 6.36. The van der Waals surface area contributed by atoms with Gasteiger partial charge >= 0.3 is 0 Å². The number of aryl methyl sites for hydroxylation is 2. The Kier molecular flexibility index (Phi) is 4.24. The van der Waals surface area contributed by atoms with Crippen molar-refractivity contribution in [2.75, 3.05) is 18.9 Å². The van der Waals surface area contributed by atoms with Crippen LogP contribution >= 0.6 is 0 Å². The van der Waals surface area contributed by atoms with Crippen molar-refractivity contribution >= 4 is 11.6 Å². The van der Waals surface area contributed by atoms with E-state index in [-0.39, 0.29) is 5.91 Å². The minimum atomic E-state index is -0.148. The first-order valence-corrected chi connectivity index (χ1v) is 6.36. The minimum absolute atomic E-state index is 0.148. The third kappa shape index (κ3) is 3.28. The summed E-state index contributed by atoms with van der Waals surface area (Å²) in [5.41, 5.74) is 8.34. The molecular formula is C14H18N4O2. The van der Waals surface area contributed by atoms with E-state index in [1.54, 1.807) is 19.1 Å². The smallest absolute Gasteiger partial charge is 0.255 e. The summed E-state index contributed by atoms with van der Waals surface area (Å²) < 4.78 is 5.50. The van der Waals surface area contributed by atoms with Crippen LogP contribution in [-0.4, -0.2) is 29.3 Å². The summed E-state index contributed by atoms with van der Waals surface area (Å²) in [5, 5.41) is 9.57. The zero-order valence-corrected chi connectivity index (χ0v) is 11.6. The molecule has 6 nitrogen and oxygen atoms in total. The number of hydrogen-bond donors (Lipinski definition) is 3. The minimum Gasteiger partial charge on any atom is -0.492 e. The number of rotatable bonds is 5. The summed E-state index contributed by atoms with van der Waals surface area (Å²) in [6.45, 7) is 4.41. The molecule has 1 amide bonds. The molecule has 0 saturated heterocycles. The second kappa shape index (κ2) is 6.10. The molecule has 0 bridgehead atoms. The summed E-state index contributed by atoms with van der Waals surface area (Å²) in [7, 11) is 0. The molecule has 20 heavy (non-hydrogen) atoms. The normalized spacial score (nSPS) is 10.3. The zero-order valence-electron chi connectivity index (χ0n) is 11.6. The van der Waals surface area contributed by atoms with E-state index < -0.39 is 0 Å². The number of ether oxygens (including phenoxy) is 1. The van der Waals surface area contributed by atoms with Gasteiger partial charge in [-0.3, -0.25) is 9.89 Å². The van der Waals surface area contributed by atoms with Crippen molar-refractivity contribution in [3.05, 3.63) is 41.2 Å². The molecule has 1 aromatic heterocycles. The Morgan fingerprint density at radius 1 is 1.45 bits per heavy atom. The molecule has 6 heteroatoms. The van der Waals surface area contributed by atoms with Gasteiger partial charge in [0.1, 0.15) is 12.4 Å². The number of amides is 1. The fourth-order valence-electron chi connectivity index (χ4n) is 1.91. The summed E-state index contributed by atoms with van der Waals surface area (Å²) in [5.74, 6) is 0.542. The lowest BCUT2D eigenvalue weighted by atomic mass is 10.2. The lowest BCUT2D eigenvalue weighted by molar-refractivity contribution is 0.0946. The van der Waals surface area contributed by atoms with Crippen molar-refractivity contribution in [3.63, 3.8) is 0 Å². The van der Waals surface area contributed by atoms with Gasteiger partial charge in [-0.25, -0.2) is 0 Å². The van der Waals surface area contributed by atoms with E-state index in [0.29, 0.717) is 35.8 Å². The molecule has 106 valence electrons. The van der Waals surface area contributed by atoms with Crippen molar-refractivity contribution in [2.45, 2.75) is 13.8 Å². The highest BCUT2D eigenvalue weighted by atomic mass is 16.5. The molecule has 0 radical (unpaired) electrons. The van der Waals surface area contributed by atoms with Crippen LogP contribution in [0.5, 0.6) is 5.75 Å². The maximum absolute atomic E-state index is 12.0. The predicted octanol–water partition coefficient (Wildman–Crippen LogP) is 1.42. The molecule has 0 saturated carbocycles. The largest absolute Gasteiger partial charge is 0.492 e. The number of nitrogens with zero attached hydrogens (tertiary/aromatic N) is 1. The van der Waals surface area contributed by atoms with Gasteiger partial charge in [0.15, 0.2) is 0 Å². The van der Waals surface area contributed by atoms with Gasteiger partial charge in [0.25, 0.3) is 5.91 Å². The third-order valence-corrected chi connectivity index (χ3v) is 2.87. The van der Waals surface area contributed by atoms with Gasteiger partial charge in [-0.05, 0) is 26.0 Å². The molecule has 2 rings (SSSR count). The number of aromatic nitrogens is 2. The highest BCUT2D eigenvalue weighted by molar-refractivity contribution is 5.96. The number of benzene rings is 1. The highest BCUT2D eigenvalue weighted by Gasteiger charge is 2.14. The van der Waals surface area contributed by atoms with Crippen LogP contribution in [0.2, 0.25) is 0 Å². The molecule has 0 aliphatic rings. The molecule has 0 fully saturated rings. The Labute approximate surface area is 117 Å². The molecular weight excluding hydrogens is 256 g/mol. The number of carbonyl (C=O) groups is 1. The van der Waals surface area contributed by atoms with Gasteiger partial charge in [-0.2, -0.15) is 5.10 Å². The topological polar surface area (TPSA) is 93.0 Å². The molecule has 2 aromatic rings. The number of H-pyrrole nitrogens is 1. The Bertz CT molecular complexity index is 587. The van der Waals surface area contributed by atoms with E-state index in [0.717, 1.165) is 5.69 Å². The van der Waals surface area contributed by atoms with Crippen LogP contribution in [-0.2, 0) is 0 Å². The van der Waals surface area contributed by atoms with Gasteiger partial charge in [0, 0.05) is 17.4 Å². The lowest BCUT2D eigenvalue weighted by Gasteiger charge is -2.08. The SMILES string of the molecule is Cc1n[nH]c(C)c1C(=O)NCCOc1cccc(N)c1. The number of nitrogens with two attached hydrogens (primary N) is 1. The molecule has 0 spiro atoms. The molecule has 1 aromatic carbocycles. The molecule has 0 aliphatic heterocycles. The maximum atomic E-state index is 12.0. The first kappa shape index (κ1) is 13.9. The summed E-state index contributed by atoms with van der Waals surface area (Å²) in [6, 6.07) is 7.18. The fourth-order valence-corrected chi connectivity index (χ4v) is 1.91. The lowest BCUT2D eigenvalue weighted by Crippen LogP contribution is -2.28.